The topological polar surface area (TPSA) is 71.3 Å². The molecule has 1 aliphatic rings. The molecule has 1 fully saturated rings. The van der Waals surface area contributed by atoms with Crippen molar-refractivity contribution in [1.82, 2.24) is 15.0 Å². The van der Waals surface area contributed by atoms with Gasteiger partial charge in [-0.05, 0) is 68.5 Å². The summed E-state index contributed by atoms with van der Waals surface area (Å²) in [6.45, 7) is 4.64. The molecule has 2 heterocycles. The highest BCUT2D eigenvalue weighted by Gasteiger charge is 2.32. The molecule has 0 aliphatic carbocycles. The third kappa shape index (κ3) is 4.12. The first kappa shape index (κ1) is 19.5. The van der Waals surface area contributed by atoms with E-state index in [2.05, 4.69) is 15.5 Å². The fraction of sp³-hybridized carbons (Fsp3) is 0.318. The number of nitrogens with zero attached hydrogens (tertiary/aromatic N) is 3. The van der Waals surface area contributed by atoms with E-state index in [9.17, 15) is 4.79 Å². The maximum absolute atomic E-state index is 13.1. The van der Waals surface area contributed by atoms with Crippen LogP contribution in [0, 0.1) is 13.8 Å². The van der Waals surface area contributed by atoms with Crippen LogP contribution in [0.1, 0.15) is 42.3 Å². The van der Waals surface area contributed by atoms with Gasteiger partial charge in [0.1, 0.15) is 6.04 Å². The minimum absolute atomic E-state index is 0.140. The first-order valence-electron chi connectivity index (χ1n) is 9.76. The highest BCUT2D eigenvalue weighted by molar-refractivity contribution is 6.30. The summed E-state index contributed by atoms with van der Waals surface area (Å²) in [7, 11) is 0. The van der Waals surface area contributed by atoms with Crippen molar-refractivity contribution < 1.29 is 9.32 Å². The normalized spacial score (nSPS) is 16.7. The zero-order valence-corrected chi connectivity index (χ0v) is 17.2. The van der Waals surface area contributed by atoms with Gasteiger partial charge in [0.2, 0.25) is 11.7 Å². The van der Waals surface area contributed by atoms with E-state index in [0.717, 1.165) is 41.6 Å². The molecule has 1 N–H and O–H groups in total. The van der Waals surface area contributed by atoms with E-state index in [4.69, 9.17) is 16.1 Å². The molecule has 0 bridgehead atoms. The first-order chi connectivity index (χ1) is 14.0. The van der Waals surface area contributed by atoms with Crippen LogP contribution >= 0.6 is 11.6 Å². The van der Waals surface area contributed by atoms with Gasteiger partial charge >= 0.3 is 6.03 Å². The predicted octanol–water partition coefficient (Wildman–Crippen LogP) is 5.77. The third-order valence-electron chi connectivity index (χ3n) is 5.31. The van der Waals surface area contributed by atoms with Gasteiger partial charge in [0, 0.05) is 22.8 Å². The number of rotatable bonds is 3. The molecular weight excluding hydrogens is 388 g/mol. The SMILES string of the molecule is Cc1cccc(C)c1NC(=O)N1CCCC[C@@H]1c1nc(-c2ccc(Cl)cc2)no1. The summed E-state index contributed by atoms with van der Waals surface area (Å²) in [4.78, 5) is 19.4. The number of aromatic nitrogens is 2. The Bertz CT molecular complexity index is 996. The number of anilines is 1. The van der Waals surface area contributed by atoms with Crippen LogP contribution in [-0.4, -0.2) is 27.6 Å². The zero-order chi connectivity index (χ0) is 20.4. The van der Waals surface area contributed by atoms with Gasteiger partial charge < -0.3 is 14.7 Å². The maximum Gasteiger partial charge on any atom is 0.322 e. The molecule has 150 valence electrons. The lowest BCUT2D eigenvalue weighted by Crippen LogP contribution is -2.41. The number of para-hydroxylation sites is 1. The summed E-state index contributed by atoms with van der Waals surface area (Å²) in [6, 6.07) is 12.9. The Hall–Kier alpha value is -2.86. The molecular formula is C22H23ClN4O2. The molecule has 3 aromatic rings. The predicted molar refractivity (Wildman–Crippen MR) is 113 cm³/mol. The number of aryl methyl sites for hydroxylation is 2. The van der Waals surface area contributed by atoms with Crippen LogP contribution in [0.2, 0.25) is 5.02 Å². The standard InChI is InChI=1S/C22H23ClN4O2/c1-14-6-5-7-15(2)19(14)24-22(28)27-13-4-3-8-18(27)21-25-20(26-29-21)16-9-11-17(23)12-10-16/h5-7,9-12,18H,3-4,8,13H2,1-2H3,(H,24,28)/t18-/m1/s1. The molecule has 1 atom stereocenters. The molecule has 1 saturated heterocycles. The Morgan fingerprint density at radius 1 is 1.14 bits per heavy atom. The van der Waals surface area contributed by atoms with Crippen LogP contribution < -0.4 is 5.32 Å². The van der Waals surface area contributed by atoms with Crippen molar-refractivity contribution in [3.63, 3.8) is 0 Å². The summed E-state index contributed by atoms with van der Waals surface area (Å²) < 4.78 is 5.55. The Morgan fingerprint density at radius 3 is 2.59 bits per heavy atom. The van der Waals surface area contributed by atoms with E-state index >= 15 is 0 Å². The quantitative estimate of drug-likeness (QED) is 0.595. The number of nitrogens with one attached hydrogen (secondary N) is 1. The number of hydrogen-bond acceptors (Lipinski definition) is 4. The molecule has 4 rings (SSSR count). The molecule has 0 unspecified atom stereocenters. The van der Waals surface area contributed by atoms with Crippen LogP contribution in [0.15, 0.2) is 47.0 Å². The van der Waals surface area contributed by atoms with Crippen molar-refractivity contribution in [3.05, 3.63) is 64.5 Å². The monoisotopic (exact) mass is 410 g/mol. The largest absolute Gasteiger partial charge is 0.337 e. The number of halogens is 1. The number of hydrogen-bond donors (Lipinski definition) is 1. The second kappa shape index (κ2) is 8.25. The summed E-state index contributed by atoms with van der Waals surface area (Å²) in [5, 5.41) is 7.84. The van der Waals surface area contributed by atoms with Gasteiger partial charge in [-0.15, -0.1) is 0 Å². The number of piperidine rings is 1. The van der Waals surface area contributed by atoms with Crippen molar-refractivity contribution in [2.45, 2.75) is 39.2 Å². The molecule has 2 amide bonds. The van der Waals surface area contributed by atoms with Gasteiger partial charge in [-0.25, -0.2) is 4.79 Å². The molecule has 1 aromatic heterocycles. The van der Waals surface area contributed by atoms with Crippen LogP contribution in [0.5, 0.6) is 0 Å². The fourth-order valence-corrected chi connectivity index (χ4v) is 3.83. The first-order valence-corrected chi connectivity index (χ1v) is 10.1. The number of likely N-dealkylation sites (tertiary alicyclic amines) is 1. The average molecular weight is 411 g/mol. The Morgan fingerprint density at radius 2 is 1.86 bits per heavy atom. The van der Waals surface area contributed by atoms with Crippen molar-refractivity contribution in [2.24, 2.45) is 0 Å². The van der Waals surface area contributed by atoms with E-state index in [1.165, 1.54) is 0 Å². The molecule has 1 aliphatic heterocycles. The van der Waals surface area contributed by atoms with Crippen molar-refractivity contribution >= 4 is 23.3 Å². The zero-order valence-electron chi connectivity index (χ0n) is 16.5. The van der Waals surface area contributed by atoms with Crippen LogP contribution in [0.4, 0.5) is 10.5 Å². The lowest BCUT2D eigenvalue weighted by molar-refractivity contribution is 0.142. The second-order valence-electron chi connectivity index (χ2n) is 7.37. The molecule has 7 heteroatoms. The number of benzene rings is 2. The Balaban J connectivity index is 1.56. The van der Waals surface area contributed by atoms with E-state index in [0.29, 0.717) is 23.3 Å². The minimum atomic E-state index is -0.235. The summed E-state index contributed by atoms with van der Waals surface area (Å²) in [5.41, 5.74) is 3.76. The van der Waals surface area contributed by atoms with E-state index in [1.807, 2.05) is 44.2 Å². The third-order valence-corrected chi connectivity index (χ3v) is 5.56. The maximum atomic E-state index is 13.1. The van der Waals surface area contributed by atoms with Gasteiger partial charge in [0.25, 0.3) is 0 Å². The van der Waals surface area contributed by atoms with Crippen molar-refractivity contribution in [3.8, 4) is 11.4 Å². The average Bonchev–Trinajstić information content (AvgIpc) is 3.21. The van der Waals surface area contributed by atoms with E-state index < -0.39 is 0 Å². The van der Waals surface area contributed by atoms with Crippen LogP contribution in [-0.2, 0) is 0 Å². The summed E-state index contributed by atoms with van der Waals surface area (Å²) in [6.07, 6.45) is 2.76. The smallest absolute Gasteiger partial charge is 0.322 e. The van der Waals surface area contributed by atoms with Gasteiger partial charge in [0.05, 0.1) is 0 Å². The Labute approximate surface area is 174 Å². The summed E-state index contributed by atoms with van der Waals surface area (Å²) >= 11 is 5.95. The lowest BCUT2D eigenvalue weighted by atomic mass is 10.0. The second-order valence-corrected chi connectivity index (χ2v) is 7.80. The Kier molecular flexibility index (Phi) is 5.53. The van der Waals surface area contributed by atoms with E-state index in [-0.39, 0.29) is 12.1 Å². The number of carbonyl (C=O) groups is 1. The van der Waals surface area contributed by atoms with Gasteiger partial charge in [-0.3, -0.25) is 0 Å². The van der Waals surface area contributed by atoms with Gasteiger partial charge in [-0.1, -0.05) is 35.0 Å². The highest BCUT2D eigenvalue weighted by Crippen LogP contribution is 2.32. The molecule has 0 spiro atoms. The summed E-state index contributed by atoms with van der Waals surface area (Å²) in [5.74, 6) is 0.962. The molecule has 6 nitrogen and oxygen atoms in total. The molecule has 0 radical (unpaired) electrons. The van der Waals surface area contributed by atoms with Crippen LogP contribution in [0.3, 0.4) is 0 Å². The van der Waals surface area contributed by atoms with Gasteiger partial charge in [-0.2, -0.15) is 4.98 Å². The molecule has 29 heavy (non-hydrogen) atoms. The van der Waals surface area contributed by atoms with E-state index in [1.54, 1.807) is 17.0 Å². The fourth-order valence-electron chi connectivity index (χ4n) is 3.71. The molecule has 0 saturated carbocycles. The number of carbonyl (C=O) groups excluding carboxylic acids is 1. The number of urea groups is 1. The molecule has 2 aromatic carbocycles. The van der Waals surface area contributed by atoms with Crippen molar-refractivity contribution in [1.29, 1.82) is 0 Å². The lowest BCUT2D eigenvalue weighted by Gasteiger charge is -2.33. The highest BCUT2D eigenvalue weighted by atomic mass is 35.5. The van der Waals surface area contributed by atoms with Gasteiger partial charge in [0.15, 0.2) is 0 Å². The van der Waals surface area contributed by atoms with Crippen LogP contribution in [0.25, 0.3) is 11.4 Å². The minimum Gasteiger partial charge on any atom is -0.337 e. The van der Waals surface area contributed by atoms with Crippen molar-refractivity contribution in [2.75, 3.05) is 11.9 Å². The number of amides is 2.